The Labute approximate surface area is 188 Å². The van der Waals surface area contributed by atoms with Gasteiger partial charge in [-0.25, -0.2) is 4.79 Å². The molecule has 1 aliphatic rings. The lowest BCUT2D eigenvalue weighted by Crippen LogP contribution is -2.57. The van der Waals surface area contributed by atoms with E-state index >= 15 is 0 Å². The molecule has 5 nitrogen and oxygen atoms in total. The minimum atomic E-state index is -1.07. The molecule has 1 fully saturated rings. The lowest BCUT2D eigenvalue weighted by atomic mass is 9.80. The van der Waals surface area contributed by atoms with Crippen molar-refractivity contribution in [2.24, 2.45) is 0 Å². The quantitative estimate of drug-likeness (QED) is 0.435. The van der Waals surface area contributed by atoms with E-state index in [9.17, 15) is 14.7 Å². The van der Waals surface area contributed by atoms with E-state index in [0.29, 0.717) is 18.5 Å². The third-order valence-corrected chi connectivity index (χ3v) is 5.98. The van der Waals surface area contributed by atoms with Gasteiger partial charge in [0.2, 0.25) is 0 Å². The Morgan fingerprint density at radius 3 is 2.06 bits per heavy atom. The number of aliphatic hydroxyl groups is 1. The van der Waals surface area contributed by atoms with Crippen LogP contribution in [-0.2, 0) is 26.3 Å². The third-order valence-electron chi connectivity index (χ3n) is 5.98. The zero-order valence-electron chi connectivity index (χ0n) is 17.9. The van der Waals surface area contributed by atoms with Crippen molar-refractivity contribution in [2.75, 3.05) is 18.1 Å². The van der Waals surface area contributed by atoms with Gasteiger partial charge in [-0.05, 0) is 36.1 Å². The van der Waals surface area contributed by atoms with E-state index in [1.165, 1.54) is 0 Å². The number of aliphatic hydroxyl groups excluding tert-OH is 1. The van der Waals surface area contributed by atoms with Gasteiger partial charge >= 0.3 is 5.97 Å². The highest BCUT2D eigenvalue weighted by Gasteiger charge is 2.49. The number of para-hydroxylation sites is 1. The van der Waals surface area contributed by atoms with E-state index in [1.807, 2.05) is 91.0 Å². The predicted molar refractivity (Wildman–Crippen MR) is 123 cm³/mol. The molecule has 1 heterocycles. The fourth-order valence-corrected chi connectivity index (χ4v) is 4.41. The van der Waals surface area contributed by atoms with Crippen LogP contribution in [0.4, 0.5) is 5.69 Å². The summed E-state index contributed by atoms with van der Waals surface area (Å²) in [7, 11) is 0. The van der Waals surface area contributed by atoms with Gasteiger partial charge in [0, 0.05) is 12.2 Å². The zero-order valence-corrected chi connectivity index (χ0v) is 17.9. The van der Waals surface area contributed by atoms with Gasteiger partial charge in [0.05, 0.1) is 13.0 Å². The molecule has 4 rings (SSSR count). The maximum absolute atomic E-state index is 13.5. The van der Waals surface area contributed by atoms with Gasteiger partial charge < -0.3 is 14.7 Å². The van der Waals surface area contributed by atoms with Crippen LogP contribution in [-0.4, -0.2) is 36.1 Å². The number of hydrogen-bond donors (Lipinski definition) is 1. The highest BCUT2D eigenvalue weighted by Crippen LogP contribution is 2.40. The van der Waals surface area contributed by atoms with Gasteiger partial charge in [-0.3, -0.25) is 4.79 Å². The molecule has 3 aromatic carbocycles. The highest BCUT2D eigenvalue weighted by atomic mass is 16.6. The first-order valence-electron chi connectivity index (χ1n) is 10.9. The number of ketones is 1. The summed E-state index contributed by atoms with van der Waals surface area (Å²) < 4.78 is 6.13. The molecule has 0 amide bonds. The molecule has 5 heteroatoms. The van der Waals surface area contributed by atoms with Crippen LogP contribution in [0.15, 0.2) is 91.0 Å². The van der Waals surface area contributed by atoms with E-state index < -0.39 is 17.6 Å². The van der Waals surface area contributed by atoms with Gasteiger partial charge in [0.1, 0.15) is 5.60 Å². The molecule has 0 aliphatic carbocycles. The highest BCUT2D eigenvalue weighted by molar-refractivity contribution is 6.08. The van der Waals surface area contributed by atoms with Crippen LogP contribution in [0.1, 0.15) is 24.0 Å². The first-order valence-corrected chi connectivity index (χ1v) is 10.9. The van der Waals surface area contributed by atoms with Gasteiger partial charge in [0.25, 0.3) is 0 Å². The number of cyclic esters (lactones) is 1. The van der Waals surface area contributed by atoms with Crippen molar-refractivity contribution >= 4 is 17.4 Å². The second-order valence-electron chi connectivity index (χ2n) is 8.07. The second kappa shape index (κ2) is 9.79. The Balaban J connectivity index is 1.64. The lowest BCUT2D eigenvalue weighted by Gasteiger charge is -2.42. The standard InChI is InChI=1S/C27H27NO4/c29-19-18-28(23-14-8-3-9-15-23)25-24(30)20-27(32-26(25)31,22-12-6-2-7-13-22)17-16-21-10-4-1-5-11-21/h1-15,25,29H,16-20H2. The first kappa shape index (κ1) is 21.8. The van der Waals surface area contributed by atoms with Gasteiger partial charge in [0.15, 0.2) is 11.8 Å². The van der Waals surface area contributed by atoms with Crippen molar-refractivity contribution in [3.05, 3.63) is 102 Å². The van der Waals surface area contributed by atoms with Crippen LogP contribution in [0, 0.1) is 0 Å². The molecule has 1 N–H and O–H groups in total. The Kier molecular flexibility index (Phi) is 6.66. The molecule has 0 spiro atoms. The lowest BCUT2D eigenvalue weighted by molar-refractivity contribution is -0.175. The Bertz CT molecular complexity index is 1020. The summed E-state index contributed by atoms with van der Waals surface area (Å²) in [6.45, 7) is -0.0122. The Morgan fingerprint density at radius 1 is 0.875 bits per heavy atom. The molecular weight excluding hydrogens is 402 g/mol. The van der Waals surface area contributed by atoms with Gasteiger partial charge in [-0.15, -0.1) is 0 Å². The topological polar surface area (TPSA) is 66.8 Å². The summed E-state index contributed by atoms with van der Waals surface area (Å²) >= 11 is 0. The van der Waals surface area contributed by atoms with Crippen molar-refractivity contribution in [1.29, 1.82) is 0 Å². The molecule has 1 aliphatic heterocycles. The number of aryl methyl sites for hydroxylation is 1. The number of anilines is 1. The molecule has 0 saturated carbocycles. The molecule has 0 bridgehead atoms. The molecule has 0 radical (unpaired) electrons. The number of rotatable bonds is 8. The fraction of sp³-hybridized carbons (Fsp3) is 0.259. The summed E-state index contributed by atoms with van der Waals surface area (Å²) in [5.74, 6) is -0.772. The zero-order chi connectivity index (χ0) is 22.4. The molecular formula is C27H27NO4. The number of ether oxygens (including phenoxy) is 1. The maximum Gasteiger partial charge on any atom is 0.337 e. The fourth-order valence-electron chi connectivity index (χ4n) is 4.41. The van der Waals surface area contributed by atoms with E-state index in [4.69, 9.17) is 4.74 Å². The smallest absolute Gasteiger partial charge is 0.337 e. The molecule has 2 unspecified atom stereocenters. The third kappa shape index (κ3) is 4.58. The summed E-state index contributed by atoms with van der Waals surface area (Å²) in [6.07, 6.45) is 1.28. The van der Waals surface area contributed by atoms with Crippen LogP contribution < -0.4 is 4.90 Å². The number of esters is 1. The molecule has 0 aromatic heterocycles. The molecule has 164 valence electrons. The average molecular weight is 430 g/mol. The summed E-state index contributed by atoms with van der Waals surface area (Å²) in [4.78, 5) is 28.4. The van der Waals surface area contributed by atoms with Crippen molar-refractivity contribution in [1.82, 2.24) is 0 Å². The van der Waals surface area contributed by atoms with Crippen molar-refractivity contribution in [3.63, 3.8) is 0 Å². The van der Waals surface area contributed by atoms with E-state index in [2.05, 4.69) is 0 Å². The summed E-state index contributed by atoms with van der Waals surface area (Å²) in [6, 6.07) is 27.6. The number of Topliss-reactive ketones (excluding diaryl/α,β-unsaturated/α-hetero) is 1. The number of nitrogens with zero attached hydrogens (tertiary/aromatic N) is 1. The molecule has 32 heavy (non-hydrogen) atoms. The van der Waals surface area contributed by atoms with E-state index in [1.54, 1.807) is 4.90 Å². The molecule has 2 atom stereocenters. The van der Waals surface area contributed by atoms with Crippen LogP contribution in [0.5, 0.6) is 0 Å². The molecule has 1 saturated heterocycles. The first-order chi connectivity index (χ1) is 15.6. The minimum absolute atomic E-state index is 0.0923. The maximum atomic E-state index is 13.5. The van der Waals surface area contributed by atoms with Gasteiger partial charge in [-0.2, -0.15) is 0 Å². The monoisotopic (exact) mass is 429 g/mol. The normalized spacial score (nSPS) is 20.6. The van der Waals surface area contributed by atoms with Crippen molar-refractivity contribution in [3.8, 4) is 0 Å². The van der Waals surface area contributed by atoms with Gasteiger partial charge in [-0.1, -0.05) is 78.9 Å². The minimum Gasteiger partial charge on any atom is -0.452 e. The van der Waals surface area contributed by atoms with Crippen LogP contribution in [0.25, 0.3) is 0 Å². The van der Waals surface area contributed by atoms with Crippen LogP contribution >= 0.6 is 0 Å². The van der Waals surface area contributed by atoms with Crippen LogP contribution in [0.2, 0.25) is 0 Å². The SMILES string of the molecule is O=C1CC(CCc2ccccc2)(c2ccccc2)OC(=O)C1N(CCO)c1ccccc1. The Morgan fingerprint density at radius 2 is 1.47 bits per heavy atom. The summed E-state index contributed by atoms with van der Waals surface area (Å²) in [5, 5.41) is 9.59. The van der Waals surface area contributed by atoms with Crippen molar-refractivity contribution < 1.29 is 19.4 Å². The molecule has 3 aromatic rings. The van der Waals surface area contributed by atoms with Crippen LogP contribution in [0.3, 0.4) is 0 Å². The average Bonchev–Trinajstić information content (AvgIpc) is 2.83. The number of benzene rings is 3. The van der Waals surface area contributed by atoms with E-state index in [0.717, 1.165) is 11.1 Å². The number of hydrogen-bond acceptors (Lipinski definition) is 5. The Hall–Kier alpha value is -3.44. The number of carbonyl (C=O) groups is 2. The largest absolute Gasteiger partial charge is 0.452 e. The second-order valence-corrected chi connectivity index (χ2v) is 8.07. The van der Waals surface area contributed by atoms with Crippen molar-refractivity contribution in [2.45, 2.75) is 30.9 Å². The van der Waals surface area contributed by atoms with E-state index in [-0.39, 0.29) is 25.4 Å². The number of carbonyl (C=O) groups excluding carboxylic acids is 2. The predicted octanol–water partition coefficient (Wildman–Crippen LogP) is 3.90. The summed E-state index contributed by atoms with van der Waals surface area (Å²) in [5.41, 5.74) is 1.64.